The second-order valence-electron chi connectivity index (χ2n) is 4.97. The summed E-state index contributed by atoms with van der Waals surface area (Å²) in [5.41, 5.74) is -0.709. The van der Waals surface area contributed by atoms with E-state index in [1.807, 2.05) is 0 Å². The molecule has 0 unspecified atom stereocenters. The fraction of sp³-hybridized carbons (Fsp3) is 0.200. The Morgan fingerprint density at radius 2 is 1.55 bits per heavy atom. The molecule has 0 atom stereocenters. The minimum Gasteiger partial charge on any atom is -0.508 e. The highest BCUT2D eigenvalue weighted by Crippen LogP contribution is 2.52. The fourth-order valence-corrected chi connectivity index (χ4v) is 2.08. The lowest BCUT2D eigenvalue weighted by molar-refractivity contribution is -0.166. The van der Waals surface area contributed by atoms with Gasteiger partial charge in [0.1, 0.15) is 5.75 Å². The zero-order valence-electron chi connectivity index (χ0n) is 11.3. The van der Waals surface area contributed by atoms with Crippen LogP contribution in [0.15, 0.2) is 58.8 Å². The Kier molecular flexibility index (Phi) is 3.27. The number of phenolic OH excluding ortho intramolecular Hbond substituents is 1. The Hall–Kier alpha value is -2.57. The van der Waals surface area contributed by atoms with E-state index in [0.29, 0.717) is 6.54 Å². The molecule has 3 rings (SSSR count). The topological polar surface area (TPSA) is 57.0 Å². The molecule has 0 aromatic heterocycles. The number of nitrogens with one attached hydrogen (secondary N) is 1. The molecule has 1 heterocycles. The van der Waals surface area contributed by atoms with Gasteiger partial charge in [-0.15, -0.1) is 10.2 Å². The zero-order chi connectivity index (χ0) is 15.8. The molecule has 2 aromatic carbocycles. The van der Waals surface area contributed by atoms with E-state index in [4.69, 9.17) is 0 Å². The minimum atomic E-state index is -4.50. The lowest BCUT2D eigenvalue weighted by Gasteiger charge is -2.15. The summed E-state index contributed by atoms with van der Waals surface area (Å²) in [7, 11) is 0. The molecule has 2 aromatic rings. The number of anilines is 1. The lowest BCUT2D eigenvalue weighted by atomic mass is 10.0. The average Bonchev–Trinajstić information content (AvgIpc) is 3.29. The molecule has 22 heavy (non-hydrogen) atoms. The largest absolute Gasteiger partial charge is 0.508 e. The van der Waals surface area contributed by atoms with Crippen molar-refractivity contribution in [2.75, 3.05) is 5.32 Å². The van der Waals surface area contributed by atoms with Crippen LogP contribution < -0.4 is 5.32 Å². The van der Waals surface area contributed by atoms with Crippen molar-refractivity contribution in [3.8, 4) is 5.75 Å². The second-order valence-corrected chi connectivity index (χ2v) is 4.97. The molecular formula is C15H12F3N3O. The first kappa shape index (κ1) is 14.4. The summed E-state index contributed by atoms with van der Waals surface area (Å²) in [4.78, 5) is 0. The first-order valence-electron chi connectivity index (χ1n) is 6.54. The monoisotopic (exact) mass is 307 g/mol. The van der Waals surface area contributed by atoms with Gasteiger partial charge >= 0.3 is 11.8 Å². The third kappa shape index (κ3) is 2.61. The number of aromatic hydroxyl groups is 1. The Morgan fingerprint density at radius 1 is 0.955 bits per heavy atom. The number of nitrogens with zero attached hydrogens (tertiary/aromatic N) is 2. The standard InChI is InChI=1S/C15H12F3N3O/c16-15(17,18)14(20-21-14)11-3-1-10(2-4-11)9-19-12-5-7-13(22)8-6-12/h1-8,19,22H,9H2. The van der Waals surface area contributed by atoms with Crippen molar-refractivity contribution in [3.63, 3.8) is 0 Å². The van der Waals surface area contributed by atoms with Gasteiger partial charge in [0, 0.05) is 17.8 Å². The summed E-state index contributed by atoms with van der Waals surface area (Å²) >= 11 is 0. The molecular weight excluding hydrogens is 295 g/mol. The maximum Gasteiger partial charge on any atom is 0.442 e. The van der Waals surface area contributed by atoms with E-state index < -0.39 is 11.8 Å². The summed E-state index contributed by atoms with van der Waals surface area (Å²) in [6, 6.07) is 12.5. The van der Waals surface area contributed by atoms with Crippen LogP contribution >= 0.6 is 0 Å². The van der Waals surface area contributed by atoms with E-state index in [9.17, 15) is 18.3 Å². The van der Waals surface area contributed by atoms with Gasteiger partial charge in [-0.05, 0) is 29.8 Å². The summed E-state index contributed by atoms with van der Waals surface area (Å²) in [6.07, 6.45) is -4.50. The van der Waals surface area contributed by atoms with Crippen LogP contribution in [0.25, 0.3) is 0 Å². The van der Waals surface area contributed by atoms with Crippen molar-refractivity contribution < 1.29 is 18.3 Å². The lowest BCUT2D eigenvalue weighted by Crippen LogP contribution is -2.30. The Labute approximate surface area is 124 Å². The second kappa shape index (κ2) is 5.01. The summed E-state index contributed by atoms with van der Waals surface area (Å²) in [5.74, 6) is 0.171. The molecule has 0 saturated heterocycles. The Morgan fingerprint density at radius 3 is 2.05 bits per heavy atom. The van der Waals surface area contributed by atoms with Crippen LogP contribution in [-0.2, 0) is 12.2 Å². The number of alkyl halides is 3. The first-order chi connectivity index (χ1) is 10.4. The van der Waals surface area contributed by atoms with Crippen LogP contribution in [0, 0.1) is 0 Å². The van der Waals surface area contributed by atoms with Crippen molar-refractivity contribution >= 4 is 5.69 Å². The van der Waals surface area contributed by atoms with E-state index >= 15 is 0 Å². The van der Waals surface area contributed by atoms with Gasteiger partial charge in [-0.1, -0.05) is 24.3 Å². The van der Waals surface area contributed by atoms with Crippen molar-refractivity contribution in [1.82, 2.24) is 0 Å². The number of halogens is 3. The minimum absolute atomic E-state index is 0.0217. The molecule has 0 amide bonds. The van der Waals surface area contributed by atoms with Crippen molar-refractivity contribution in [1.29, 1.82) is 0 Å². The van der Waals surface area contributed by atoms with Gasteiger partial charge < -0.3 is 10.4 Å². The average molecular weight is 307 g/mol. The summed E-state index contributed by atoms with van der Waals surface area (Å²) in [6.45, 7) is 0.457. The van der Waals surface area contributed by atoms with Crippen molar-refractivity contribution in [2.45, 2.75) is 18.4 Å². The number of phenols is 1. The van der Waals surface area contributed by atoms with Crippen LogP contribution in [-0.4, -0.2) is 11.3 Å². The molecule has 2 N–H and O–H groups in total. The van der Waals surface area contributed by atoms with Gasteiger partial charge in [0.15, 0.2) is 0 Å². The molecule has 114 valence electrons. The molecule has 0 radical (unpaired) electrons. The van der Waals surface area contributed by atoms with E-state index in [1.165, 1.54) is 12.1 Å². The van der Waals surface area contributed by atoms with Crippen LogP contribution in [0.1, 0.15) is 11.1 Å². The van der Waals surface area contributed by atoms with E-state index in [0.717, 1.165) is 11.3 Å². The van der Waals surface area contributed by atoms with Gasteiger partial charge in [0.05, 0.1) is 0 Å². The van der Waals surface area contributed by atoms with Crippen LogP contribution in [0.3, 0.4) is 0 Å². The highest BCUT2D eigenvalue weighted by atomic mass is 19.4. The quantitative estimate of drug-likeness (QED) is 0.832. The number of rotatable bonds is 4. The number of hydrogen-bond acceptors (Lipinski definition) is 4. The molecule has 0 spiro atoms. The highest BCUT2D eigenvalue weighted by molar-refractivity contribution is 5.46. The molecule has 0 aliphatic carbocycles. The van der Waals surface area contributed by atoms with Crippen LogP contribution in [0.5, 0.6) is 5.75 Å². The smallest absolute Gasteiger partial charge is 0.442 e. The third-order valence-electron chi connectivity index (χ3n) is 3.42. The first-order valence-corrected chi connectivity index (χ1v) is 6.54. The van der Waals surface area contributed by atoms with E-state index in [1.54, 1.807) is 36.4 Å². The number of hydrogen-bond donors (Lipinski definition) is 2. The number of benzene rings is 2. The molecule has 7 heteroatoms. The summed E-state index contributed by atoms with van der Waals surface area (Å²) < 4.78 is 38.6. The van der Waals surface area contributed by atoms with Crippen LogP contribution in [0.2, 0.25) is 0 Å². The van der Waals surface area contributed by atoms with Gasteiger partial charge in [0.25, 0.3) is 0 Å². The van der Waals surface area contributed by atoms with Crippen LogP contribution in [0.4, 0.5) is 18.9 Å². The fourth-order valence-electron chi connectivity index (χ4n) is 2.08. The SMILES string of the molecule is Oc1ccc(NCc2ccc(C3(C(F)(F)F)N=N3)cc2)cc1. The zero-order valence-corrected chi connectivity index (χ0v) is 11.3. The maximum atomic E-state index is 12.9. The van der Waals surface area contributed by atoms with Gasteiger partial charge in [-0.25, -0.2) is 0 Å². The summed E-state index contributed by atoms with van der Waals surface area (Å²) in [5, 5.41) is 18.6. The molecule has 0 saturated carbocycles. The molecule has 1 aliphatic heterocycles. The molecule has 4 nitrogen and oxygen atoms in total. The van der Waals surface area contributed by atoms with Gasteiger partial charge in [0.2, 0.25) is 0 Å². The maximum absolute atomic E-state index is 12.9. The van der Waals surface area contributed by atoms with Gasteiger partial charge in [-0.3, -0.25) is 0 Å². The Bertz CT molecular complexity index is 687. The van der Waals surface area contributed by atoms with Crippen molar-refractivity contribution in [2.24, 2.45) is 10.2 Å². The molecule has 1 aliphatic rings. The predicted molar refractivity (Wildman–Crippen MR) is 74.5 cm³/mol. The normalized spacial score (nSPS) is 15.6. The van der Waals surface area contributed by atoms with E-state index in [2.05, 4.69) is 15.5 Å². The van der Waals surface area contributed by atoms with Crippen molar-refractivity contribution in [3.05, 3.63) is 59.7 Å². The third-order valence-corrected chi connectivity index (χ3v) is 3.42. The Balaban J connectivity index is 1.66. The predicted octanol–water partition coefficient (Wildman–Crippen LogP) is 4.19. The van der Waals surface area contributed by atoms with Gasteiger partial charge in [-0.2, -0.15) is 13.2 Å². The highest BCUT2D eigenvalue weighted by Gasteiger charge is 2.65. The molecule has 0 fully saturated rings. The molecule has 0 bridgehead atoms. The van der Waals surface area contributed by atoms with E-state index in [-0.39, 0.29) is 11.3 Å².